The molecule has 3 aromatic heterocycles. The monoisotopic (exact) mass is 505 g/mol. The minimum absolute atomic E-state index is 0.0381. The van der Waals surface area contributed by atoms with E-state index in [4.69, 9.17) is 13.9 Å². The summed E-state index contributed by atoms with van der Waals surface area (Å²) < 4.78 is 19.9. The Morgan fingerprint density at radius 3 is 2.56 bits per heavy atom. The predicted molar refractivity (Wildman–Crippen MR) is 139 cm³/mol. The van der Waals surface area contributed by atoms with Gasteiger partial charge in [0.2, 0.25) is 5.91 Å². The molecule has 0 atom stereocenters. The summed E-state index contributed by atoms with van der Waals surface area (Å²) in [6.07, 6.45) is 0. The molecule has 0 aliphatic heterocycles. The molecule has 1 N–H and O–H groups in total. The zero-order valence-electron chi connectivity index (χ0n) is 19.9. The summed E-state index contributed by atoms with van der Waals surface area (Å²) in [5, 5.41) is 3.54. The van der Waals surface area contributed by atoms with Crippen molar-refractivity contribution in [2.45, 2.75) is 20.0 Å². The highest BCUT2D eigenvalue weighted by molar-refractivity contribution is 7.25. The van der Waals surface area contributed by atoms with Crippen molar-refractivity contribution in [3.63, 3.8) is 0 Å². The van der Waals surface area contributed by atoms with Gasteiger partial charge in [-0.3, -0.25) is 18.7 Å². The van der Waals surface area contributed by atoms with Gasteiger partial charge in [-0.1, -0.05) is 18.2 Å². The average molecular weight is 506 g/mol. The maximum atomic E-state index is 13.6. The van der Waals surface area contributed by atoms with Crippen LogP contribution in [0.2, 0.25) is 0 Å². The normalized spacial score (nSPS) is 11.2. The summed E-state index contributed by atoms with van der Waals surface area (Å²) in [6, 6.07) is 15.9. The number of aromatic nitrogens is 2. The Kier molecular flexibility index (Phi) is 6.11. The third-order valence-corrected chi connectivity index (χ3v) is 6.98. The number of rotatable bonds is 7. The molecule has 9 nitrogen and oxygen atoms in total. The summed E-state index contributed by atoms with van der Waals surface area (Å²) in [5.74, 6) is 1.70. The van der Waals surface area contributed by atoms with Crippen LogP contribution in [0, 0.1) is 6.92 Å². The van der Waals surface area contributed by atoms with Gasteiger partial charge in [-0.15, -0.1) is 11.3 Å². The zero-order valence-corrected chi connectivity index (χ0v) is 20.7. The van der Waals surface area contributed by atoms with Crippen molar-refractivity contribution >= 4 is 43.2 Å². The number of nitrogens with zero attached hydrogens (tertiary/aromatic N) is 2. The van der Waals surface area contributed by atoms with Gasteiger partial charge in [-0.25, -0.2) is 4.79 Å². The molecule has 0 aliphatic carbocycles. The Morgan fingerprint density at radius 1 is 1.03 bits per heavy atom. The molecule has 1 amide bonds. The number of nitrogens with one attached hydrogen (secondary N) is 1. The second-order valence-corrected chi connectivity index (χ2v) is 9.21. The van der Waals surface area contributed by atoms with Crippen molar-refractivity contribution in [3.05, 3.63) is 87.0 Å². The molecule has 0 saturated heterocycles. The standard InChI is InChI=1S/C26H23N3O6S/c1-15-8-9-17(35-15)13-29-25(31)24-23(18-6-4-5-7-21(18)36-24)28(26(29)32)14-22(30)27-19-11-10-16(33-2)12-20(19)34-3/h4-12H,13-14H2,1-3H3,(H,27,30). The van der Waals surface area contributed by atoms with Gasteiger partial charge in [-0.05, 0) is 37.3 Å². The third kappa shape index (κ3) is 4.16. The van der Waals surface area contributed by atoms with Gasteiger partial charge in [-0.2, -0.15) is 0 Å². The molecule has 2 aromatic carbocycles. The van der Waals surface area contributed by atoms with E-state index in [0.717, 1.165) is 14.7 Å². The number of furan rings is 1. The van der Waals surface area contributed by atoms with E-state index >= 15 is 0 Å². The molecule has 10 heteroatoms. The lowest BCUT2D eigenvalue weighted by Crippen LogP contribution is -2.41. The fraction of sp³-hybridized carbons (Fsp3) is 0.192. The Hall–Kier alpha value is -4.31. The van der Waals surface area contributed by atoms with Crippen LogP contribution in [0.5, 0.6) is 11.5 Å². The molecule has 3 heterocycles. The molecule has 36 heavy (non-hydrogen) atoms. The fourth-order valence-corrected chi connectivity index (χ4v) is 5.30. The van der Waals surface area contributed by atoms with Crippen LogP contribution in [0.1, 0.15) is 11.5 Å². The SMILES string of the molecule is COc1ccc(NC(=O)Cn2c(=O)n(Cc3ccc(C)o3)c(=O)c3sc4ccccc4c32)c(OC)c1. The minimum atomic E-state index is -0.595. The highest BCUT2D eigenvalue weighted by Gasteiger charge is 2.21. The lowest BCUT2D eigenvalue weighted by Gasteiger charge is -2.14. The van der Waals surface area contributed by atoms with Gasteiger partial charge in [0.15, 0.2) is 0 Å². The first-order chi connectivity index (χ1) is 17.4. The topological polar surface area (TPSA) is 105 Å². The summed E-state index contributed by atoms with van der Waals surface area (Å²) in [6.45, 7) is 1.45. The number of aryl methyl sites for hydroxylation is 1. The van der Waals surface area contributed by atoms with Crippen LogP contribution < -0.4 is 26.0 Å². The van der Waals surface area contributed by atoms with Gasteiger partial charge in [0.25, 0.3) is 5.56 Å². The van der Waals surface area contributed by atoms with Crippen molar-refractivity contribution in [2.24, 2.45) is 0 Å². The molecule has 5 aromatic rings. The molecule has 0 fully saturated rings. The Labute approximate surface area is 209 Å². The molecule has 0 bridgehead atoms. The van der Waals surface area contributed by atoms with Crippen LogP contribution in [0.15, 0.2) is 68.6 Å². The average Bonchev–Trinajstić information content (AvgIpc) is 3.48. The van der Waals surface area contributed by atoms with Crippen molar-refractivity contribution in [1.82, 2.24) is 9.13 Å². The summed E-state index contributed by atoms with van der Waals surface area (Å²) in [7, 11) is 3.02. The van der Waals surface area contributed by atoms with Crippen LogP contribution in [0.4, 0.5) is 5.69 Å². The molecular formula is C26H23N3O6S. The molecule has 0 aliphatic rings. The van der Waals surface area contributed by atoms with Gasteiger partial charge >= 0.3 is 5.69 Å². The summed E-state index contributed by atoms with van der Waals surface area (Å²) in [5.41, 5.74) is -0.142. The number of fused-ring (bicyclic) bond motifs is 3. The molecule has 5 rings (SSSR count). The summed E-state index contributed by atoms with van der Waals surface area (Å²) in [4.78, 5) is 40.2. The number of thiophene rings is 1. The van der Waals surface area contributed by atoms with E-state index < -0.39 is 17.2 Å². The number of hydrogen-bond donors (Lipinski definition) is 1. The number of benzene rings is 2. The van der Waals surface area contributed by atoms with Gasteiger partial charge < -0.3 is 19.2 Å². The molecule has 184 valence electrons. The van der Waals surface area contributed by atoms with Gasteiger partial charge in [0.05, 0.1) is 32.0 Å². The highest BCUT2D eigenvalue weighted by atomic mass is 32.1. The van der Waals surface area contributed by atoms with Crippen molar-refractivity contribution < 1.29 is 18.7 Å². The minimum Gasteiger partial charge on any atom is -0.497 e. The molecule has 0 unspecified atom stereocenters. The molecular weight excluding hydrogens is 482 g/mol. The first kappa shape index (κ1) is 23.4. The second kappa shape index (κ2) is 9.38. The van der Waals surface area contributed by atoms with Crippen molar-refractivity contribution in [2.75, 3.05) is 19.5 Å². The highest BCUT2D eigenvalue weighted by Crippen LogP contribution is 2.32. The fourth-order valence-electron chi connectivity index (χ4n) is 4.14. The Morgan fingerprint density at radius 2 is 1.83 bits per heavy atom. The first-order valence-corrected chi connectivity index (χ1v) is 11.9. The number of carbonyl (C=O) groups is 1. The number of carbonyl (C=O) groups excluding carboxylic acids is 1. The quantitative estimate of drug-likeness (QED) is 0.359. The first-order valence-electron chi connectivity index (χ1n) is 11.1. The van der Waals surface area contributed by atoms with Crippen LogP contribution in [0.3, 0.4) is 0 Å². The van der Waals surface area contributed by atoms with E-state index in [9.17, 15) is 14.4 Å². The molecule has 0 spiro atoms. The van der Waals surface area contributed by atoms with Crippen LogP contribution >= 0.6 is 11.3 Å². The largest absolute Gasteiger partial charge is 0.497 e. The number of ether oxygens (including phenoxy) is 2. The van der Waals surface area contributed by atoms with Crippen LogP contribution in [0.25, 0.3) is 20.3 Å². The Bertz CT molecular complexity index is 1730. The van der Waals surface area contributed by atoms with Gasteiger partial charge in [0, 0.05) is 16.2 Å². The number of anilines is 1. The lowest BCUT2D eigenvalue weighted by molar-refractivity contribution is -0.116. The van der Waals surface area contributed by atoms with E-state index in [2.05, 4.69) is 5.32 Å². The van der Waals surface area contributed by atoms with E-state index in [1.807, 2.05) is 24.3 Å². The lowest BCUT2D eigenvalue weighted by atomic mass is 10.2. The smallest absolute Gasteiger partial charge is 0.332 e. The van der Waals surface area contributed by atoms with E-state index in [0.29, 0.717) is 38.9 Å². The van der Waals surface area contributed by atoms with E-state index in [-0.39, 0.29) is 13.1 Å². The predicted octanol–water partition coefficient (Wildman–Crippen LogP) is 3.98. The van der Waals surface area contributed by atoms with E-state index in [1.54, 1.807) is 37.3 Å². The van der Waals surface area contributed by atoms with Crippen molar-refractivity contribution in [3.8, 4) is 11.5 Å². The molecule has 0 radical (unpaired) electrons. The maximum Gasteiger partial charge on any atom is 0.332 e. The van der Waals surface area contributed by atoms with Crippen LogP contribution in [-0.4, -0.2) is 29.3 Å². The van der Waals surface area contributed by atoms with E-state index in [1.165, 1.54) is 30.1 Å². The summed E-state index contributed by atoms with van der Waals surface area (Å²) >= 11 is 1.29. The maximum absolute atomic E-state index is 13.6. The van der Waals surface area contributed by atoms with Crippen molar-refractivity contribution in [1.29, 1.82) is 0 Å². The Balaban J connectivity index is 1.61. The molecule has 0 saturated carbocycles. The van der Waals surface area contributed by atoms with Crippen LogP contribution in [-0.2, 0) is 17.9 Å². The third-order valence-electron chi connectivity index (χ3n) is 5.83. The second-order valence-electron chi connectivity index (χ2n) is 8.16. The van der Waals surface area contributed by atoms with Gasteiger partial charge in [0.1, 0.15) is 34.3 Å². The number of amides is 1. The number of methoxy groups -OCH3 is 2. The zero-order chi connectivity index (χ0) is 25.4. The number of hydrogen-bond acceptors (Lipinski definition) is 7.